The van der Waals surface area contributed by atoms with E-state index in [9.17, 15) is 19.5 Å². The maximum atomic E-state index is 13.0. The van der Waals surface area contributed by atoms with Gasteiger partial charge in [0, 0.05) is 62.6 Å². The predicted octanol–water partition coefficient (Wildman–Crippen LogP) is 4.10. The number of rotatable bonds is 11. The monoisotopic (exact) mass is 595 g/mol. The summed E-state index contributed by atoms with van der Waals surface area (Å²) in [7, 11) is 0. The van der Waals surface area contributed by atoms with Crippen molar-refractivity contribution in [3.63, 3.8) is 0 Å². The molecule has 2 aromatic carbocycles. The van der Waals surface area contributed by atoms with Crippen LogP contribution in [0.1, 0.15) is 52.6 Å². The number of aromatic nitrogens is 1. The van der Waals surface area contributed by atoms with Crippen LogP contribution in [0.4, 0.5) is 5.13 Å². The van der Waals surface area contributed by atoms with Gasteiger partial charge in [-0.25, -0.2) is 4.98 Å². The zero-order valence-electron chi connectivity index (χ0n) is 23.6. The van der Waals surface area contributed by atoms with Gasteiger partial charge in [0.15, 0.2) is 5.13 Å². The number of carbonyl (C=O) groups excluding carboxylic acids is 3. The highest BCUT2D eigenvalue weighted by Gasteiger charge is 2.23. The van der Waals surface area contributed by atoms with Crippen LogP contribution in [0, 0.1) is 5.92 Å². The van der Waals surface area contributed by atoms with Crippen molar-refractivity contribution in [2.75, 3.05) is 38.1 Å². The summed E-state index contributed by atoms with van der Waals surface area (Å²) in [4.78, 5) is 45.2. The number of anilines is 1. The van der Waals surface area contributed by atoms with Gasteiger partial charge < -0.3 is 20.2 Å². The number of aliphatic hydroxyl groups is 1. The van der Waals surface area contributed by atoms with E-state index >= 15 is 0 Å². The third-order valence-electron chi connectivity index (χ3n) is 7.06. The standard InChI is InChI=1S/C30H37N5O4S2/c1-20(2)26(18-36)31-16-22-7-9-24(10-8-22)28(38)33-30-32-17-27(41-30)40-19-23-5-4-6-25(15-23)29(39)35-13-11-34(12-14-35)21(3)37/h4-10,15,17,20,26,31,36H,11-14,16,18-19H2,1-3H3,(H,32,33,38)/t26-/m1/s1. The molecule has 1 atom stereocenters. The number of nitrogens with zero attached hydrogens (tertiary/aromatic N) is 3. The smallest absolute Gasteiger partial charge is 0.257 e. The van der Waals surface area contributed by atoms with Crippen molar-refractivity contribution in [2.45, 2.75) is 43.3 Å². The molecule has 3 N–H and O–H groups in total. The summed E-state index contributed by atoms with van der Waals surface area (Å²) in [5, 5.41) is 16.2. The normalized spacial score (nSPS) is 14.3. The third kappa shape index (κ3) is 8.62. The van der Waals surface area contributed by atoms with Crippen molar-refractivity contribution in [3.05, 3.63) is 77.0 Å². The molecule has 0 saturated carbocycles. The SMILES string of the molecule is CC(=O)N1CCN(C(=O)c2cccc(CSc3cnc(NC(=O)c4ccc(CN[C@H](CO)C(C)C)cc4)s3)c2)CC1. The Balaban J connectivity index is 1.26. The Labute approximate surface area is 249 Å². The summed E-state index contributed by atoms with van der Waals surface area (Å²) in [6, 6.07) is 15.1. The zero-order valence-corrected chi connectivity index (χ0v) is 25.3. The van der Waals surface area contributed by atoms with Crippen molar-refractivity contribution in [3.8, 4) is 0 Å². The highest BCUT2D eigenvalue weighted by atomic mass is 32.2. The Morgan fingerprint density at radius 3 is 2.37 bits per heavy atom. The number of thiazole rings is 1. The summed E-state index contributed by atoms with van der Waals surface area (Å²) < 4.78 is 0.961. The summed E-state index contributed by atoms with van der Waals surface area (Å²) in [5.41, 5.74) is 3.25. The average molecular weight is 596 g/mol. The largest absolute Gasteiger partial charge is 0.395 e. The first-order valence-electron chi connectivity index (χ1n) is 13.7. The zero-order chi connectivity index (χ0) is 29.4. The molecule has 4 rings (SSSR count). The Hall–Kier alpha value is -3.25. The number of carbonyl (C=O) groups is 3. The Kier molecular flexibility index (Phi) is 10.9. The summed E-state index contributed by atoms with van der Waals surface area (Å²) in [6.07, 6.45) is 1.75. The molecule has 0 bridgehead atoms. The van der Waals surface area contributed by atoms with E-state index in [1.807, 2.05) is 36.4 Å². The maximum absolute atomic E-state index is 13.0. The fourth-order valence-corrected chi connectivity index (χ4v) is 6.25. The van der Waals surface area contributed by atoms with Crippen LogP contribution in [0.15, 0.2) is 58.9 Å². The fourth-order valence-electron chi connectivity index (χ4n) is 4.44. The first-order valence-corrected chi connectivity index (χ1v) is 15.5. The van der Waals surface area contributed by atoms with E-state index in [4.69, 9.17) is 0 Å². The van der Waals surface area contributed by atoms with E-state index in [1.165, 1.54) is 11.3 Å². The first-order chi connectivity index (χ1) is 19.7. The lowest BCUT2D eigenvalue weighted by Gasteiger charge is -2.34. The van der Waals surface area contributed by atoms with Crippen molar-refractivity contribution in [1.29, 1.82) is 0 Å². The third-order valence-corrected chi connectivity index (χ3v) is 9.24. The van der Waals surface area contributed by atoms with E-state index in [0.717, 1.165) is 15.3 Å². The van der Waals surface area contributed by atoms with E-state index < -0.39 is 0 Å². The first kappa shape index (κ1) is 30.7. The number of piperazine rings is 1. The highest BCUT2D eigenvalue weighted by molar-refractivity contribution is 8.00. The number of benzene rings is 2. The minimum atomic E-state index is -0.221. The lowest BCUT2D eigenvalue weighted by Crippen LogP contribution is -2.50. The van der Waals surface area contributed by atoms with Crippen LogP contribution in [-0.2, 0) is 17.1 Å². The van der Waals surface area contributed by atoms with Gasteiger partial charge in [0.2, 0.25) is 5.91 Å². The Bertz CT molecular complexity index is 1340. The summed E-state index contributed by atoms with van der Waals surface area (Å²) in [5.74, 6) is 0.795. The van der Waals surface area contributed by atoms with Gasteiger partial charge in [0.25, 0.3) is 11.8 Å². The molecule has 1 saturated heterocycles. The molecule has 0 aliphatic carbocycles. The van der Waals surface area contributed by atoms with Gasteiger partial charge in [-0.2, -0.15) is 0 Å². The number of hydrogen-bond donors (Lipinski definition) is 3. The van der Waals surface area contributed by atoms with Gasteiger partial charge in [-0.15, -0.1) is 11.8 Å². The van der Waals surface area contributed by atoms with Crippen molar-refractivity contribution >= 4 is 46.0 Å². The number of aliphatic hydroxyl groups excluding tert-OH is 1. The van der Waals surface area contributed by atoms with Crippen LogP contribution >= 0.6 is 23.1 Å². The molecule has 1 fully saturated rings. The molecule has 2 heterocycles. The van der Waals surface area contributed by atoms with E-state index in [2.05, 4.69) is 29.5 Å². The van der Waals surface area contributed by atoms with Gasteiger partial charge in [0.1, 0.15) is 0 Å². The second kappa shape index (κ2) is 14.6. The molecule has 0 radical (unpaired) electrons. The molecule has 0 unspecified atom stereocenters. The van der Waals surface area contributed by atoms with Crippen molar-refractivity contribution in [1.82, 2.24) is 20.1 Å². The summed E-state index contributed by atoms with van der Waals surface area (Å²) >= 11 is 3.01. The van der Waals surface area contributed by atoms with Gasteiger partial charge in [-0.1, -0.05) is 49.4 Å². The van der Waals surface area contributed by atoms with E-state index in [1.54, 1.807) is 46.8 Å². The molecule has 3 aromatic rings. The molecule has 41 heavy (non-hydrogen) atoms. The van der Waals surface area contributed by atoms with Crippen LogP contribution in [-0.4, -0.2) is 76.4 Å². The number of thioether (sulfide) groups is 1. The fraction of sp³-hybridized carbons (Fsp3) is 0.400. The van der Waals surface area contributed by atoms with Crippen molar-refractivity contribution in [2.24, 2.45) is 5.92 Å². The van der Waals surface area contributed by atoms with E-state index in [0.29, 0.717) is 60.7 Å². The molecule has 1 aliphatic heterocycles. The minimum Gasteiger partial charge on any atom is -0.395 e. The lowest BCUT2D eigenvalue weighted by atomic mass is 10.0. The van der Waals surface area contributed by atoms with Crippen LogP contribution in [0.2, 0.25) is 0 Å². The molecule has 9 nitrogen and oxygen atoms in total. The highest BCUT2D eigenvalue weighted by Crippen LogP contribution is 2.31. The number of nitrogens with one attached hydrogen (secondary N) is 2. The second-order valence-corrected chi connectivity index (χ2v) is 12.6. The average Bonchev–Trinajstić information content (AvgIpc) is 3.43. The van der Waals surface area contributed by atoms with Crippen molar-refractivity contribution < 1.29 is 19.5 Å². The Morgan fingerprint density at radius 2 is 1.71 bits per heavy atom. The van der Waals surface area contributed by atoms with Crippen LogP contribution in [0.3, 0.4) is 0 Å². The van der Waals surface area contributed by atoms with Crippen LogP contribution in [0.25, 0.3) is 0 Å². The molecule has 218 valence electrons. The van der Waals surface area contributed by atoms with Crippen LogP contribution < -0.4 is 10.6 Å². The minimum absolute atomic E-state index is 0.0166. The maximum Gasteiger partial charge on any atom is 0.257 e. The molecule has 3 amide bonds. The predicted molar refractivity (Wildman–Crippen MR) is 163 cm³/mol. The topological polar surface area (TPSA) is 115 Å². The molecule has 1 aromatic heterocycles. The number of hydrogen-bond acceptors (Lipinski definition) is 8. The van der Waals surface area contributed by atoms with E-state index in [-0.39, 0.29) is 30.4 Å². The van der Waals surface area contributed by atoms with Crippen LogP contribution in [0.5, 0.6) is 0 Å². The number of amides is 3. The van der Waals surface area contributed by atoms with Gasteiger partial charge >= 0.3 is 0 Å². The molecule has 1 aliphatic rings. The molecule has 0 spiro atoms. The Morgan fingerprint density at radius 1 is 1.00 bits per heavy atom. The summed E-state index contributed by atoms with van der Waals surface area (Å²) in [6.45, 7) is 8.59. The quantitative estimate of drug-likeness (QED) is 0.286. The molecular weight excluding hydrogens is 558 g/mol. The second-order valence-electron chi connectivity index (χ2n) is 10.3. The lowest BCUT2D eigenvalue weighted by molar-refractivity contribution is -0.130. The van der Waals surface area contributed by atoms with Gasteiger partial charge in [-0.05, 0) is 41.3 Å². The molecular formula is C30H37N5O4S2. The molecule has 11 heteroatoms. The van der Waals surface area contributed by atoms with Gasteiger partial charge in [0.05, 0.1) is 17.0 Å². The van der Waals surface area contributed by atoms with Gasteiger partial charge in [-0.3, -0.25) is 19.7 Å².